The first-order valence-electron chi connectivity index (χ1n) is 4.89. The highest BCUT2D eigenvalue weighted by molar-refractivity contribution is 9.10. The number of ether oxygens (including phenoxy) is 1. The third-order valence-corrected chi connectivity index (χ3v) is 3.02. The largest absolute Gasteiger partial charge is 0.497 e. The highest BCUT2D eigenvalue weighted by Crippen LogP contribution is 2.29. The van der Waals surface area contributed by atoms with Crippen LogP contribution in [0.5, 0.6) is 5.75 Å². The molecule has 1 aliphatic rings. The van der Waals surface area contributed by atoms with Gasteiger partial charge in [0.1, 0.15) is 5.75 Å². The Bertz CT molecular complexity index is 321. The van der Waals surface area contributed by atoms with Crippen LogP contribution in [-0.2, 0) is 0 Å². The topological polar surface area (TPSA) is 12.5 Å². The van der Waals surface area contributed by atoms with Crippen LogP contribution < -0.4 is 9.64 Å². The average molecular weight is 256 g/mol. The molecule has 0 spiro atoms. The van der Waals surface area contributed by atoms with E-state index < -0.39 is 0 Å². The van der Waals surface area contributed by atoms with Crippen LogP contribution in [0, 0.1) is 0 Å². The minimum atomic E-state index is 0.918. The van der Waals surface area contributed by atoms with Gasteiger partial charge in [-0.3, -0.25) is 0 Å². The van der Waals surface area contributed by atoms with Crippen LogP contribution in [0.4, 0.5) is 5.69 Å². The second kappa shape index (κ2) is 4.22. The Morgan fingerprint density at radius 1 is 1.21 bits per heavy atom. The van der Waals surface area contributed by atoms with Gasteiger partial charge >= 0.3 is 0 Å². The van der Waals surface area contributed by atoms with Crippen molar-refractivity contribution in [2.24, 2.45) is 0 Å². The number of nitrogens with zero attached hydrogens (tertiary/aromatic N) is 1. The quantitative estimate of drug-likeness (QED) is 0.806. The van der Waals surface area contributed by atoms with E-state index in [-0.39, 0.29) is 0 Å². The van der Waals surface area contributed by atoms with Gasteiger partial charge in [0, 0.05) is 29.3 Å². The first-order chi connectivity index (χ1) is 6.79. The van der Waals surface area contributed by atoms with Crippen molar-refractivity contribution in [3.05, 3.63) is 22.7 Å². The number of halogens is 1. The molecule has 0 unspecified atom stereocenters. The van der Waals surface area contributed by atoms with E-state index in [4.69, 9.17) is 4.74 Å². The zero-order valence-electron chi connectivity index (χ0n) is 8.29. The summed E-state index contributed by atoms with van der Waals surface area (Å²) in [5, 5.41) is 0. The molecule has 1 heterocycles. The smallest absolute Gasteiger partial charge is 0.122 e. The van der Waals surface area contributed by atoms with Gasteiger partial charge in [0.2, 0.25) is 0 Å². The van der Waals surface area contributed by atoms with Gasteiger partial charge in [-0.15, -0.1) is 0 Å². The van der Waals surface area contributed by atoms with Gasteiger partial charge in [-0.2, -0.15) is 0 Å². The fourth-order valence-corrected chi connectivity index (χ4v) is 2.28. The Kier molecular flexibility index (Phi) is 2.96. The number of rotatable bonds is 2. The molecule has 0 atom stereocenters. The lowest BCUT2D eigenvalue weighted by Crippen LogP contribution is -2.17. The van der Waals surface area contributed by atoms with E-state index in [1.54, 1.807) is 7.11 Å². The number of hydrogen-bond donors (Lipinski definition) is 0. The molecule has 76 valence electrons. The Morgan fingerprint density at radius 3 is 2.57 bits per heavy atom. The molecular weight excluding hydrogens is 242 g/mol. The summed E-state index contributed by atoms with van der Waals surface area (Å²) in [6.07, 6.45) is 2.60. The molecule has 14 heavy (non-hydrogen) atoms. The molecule has 0 saturated carbocycles. The number of methoxy groups -OCH3 is 1. The molecule has 1 aliphatic heterocycles. The maximum atomic E-state index is 5.24. The SMILES string of the molecule is COc1cc(Br)cc(N2CCCC2)c1. The Morgan fingerprint density at radius 2 is 1.93 bits per heavy atom. The summed E-state index contributed by atoms with van der Waals surface area (Å²) in [5.74, 6) is 0.918. The maximum absolute atomic E-state index is 5.24. The molecule has 0 aliphatic carbocycles. The van der Waals surface area contributed by atoms with E-state index in [1.165, 1.54) is 31.6 Å². The Balaban J connectivity index is 2.27. The van der Waals surface area contributed by atoms with Crippen LogP contribution >= 0.6 is 15.9 Å². The van der Waals surface area contributed by atoms with Gasteiger partial charge in [-0.05, 0) is 25.0 Å². The van der Waals surface area contributed by atoms with E-state index >= 15 is 0 Å². The van der Waals surface area contributed by atoms with Crippen molar-refractivity contribution in [1.29, 1.82) is 0 Å². The molecule has 0 amide bonds. The van der Waals surface area contributed by atoms with E-state index in [0.717, 1.165) is 10.2 Å². The predicted molar refractivity (Wildman–Crippen MR) is 62.1 cm³/mol. The first kappa shape index (κ1) is 9.84. The van der Waals surface area contributed by atoms with Gasteiger partial charge in [0.15, 0.2) is 0 Å². The molecule has 1 aromatic carbocycles. The molecule has 2 rings (SSSR count). The summed E-state index contributed by atoms with van der Waals surface area (Å²) in [6, 6.07) is 6.23. The van der Waals surface area contributed by atoms with Crippen LogP contribution in [-0.4, -0.2) is 20.2 Å². The number of benzene rings is 1. The molecule has 1 saturated heterocycles. The Hall–Kier alpha value is -0.700. The molecule has 1 aromatic rings. The highest BCUT2D eigenvalue weighted by atomic mass is 79.9. The van der Waals surface area contributed by atoms with Crippen LogP contribution in [0.3, 0.4) is 0 Å². The lowest BCUT2D eigenvalue weighted by Gasteiger charge is -2.18. The second-order valence-electron chi connectivity index (χ2n) is 3.54. The monoisotopic (exact) mass is 255 g/mol. The van der Waals surface area contributed by atoms with Crippen LogP contribution in [0.1, 0.15) is 12.8 Å². The van der Waals surface area contributed by atoms with Crippen LogP contribution in [0.15, 0.2) is 22.7 Å². The zero-order chi connectivity index (χ0) is 9.97. The number of anilines is 1. The summed E-state index contributed by atoms with van der Waals surface area (Å²) in [5.41, 5.74) is 1.26. The summed E-state index contributed by atoms with van der Waals surface area (Å²) in [6.45, 7) is 2.33. The molecule has 0 radical (unpaired) electrons. The minimum absolute atomic E-state index is 0.918. The van der Waals surface area contributed by atoms with Crippen molar-refractivity contribution < 1.29 is 4.74 Å². The van der Waals surface area contributed by atoms with Crippen molar-refractivity contribution in [3.63, 3.8) is 0 Å². The minimum Gasteiger partial charge on any atom is -0.497 e. The third-order valence-electron chi connectivity index (χ3n) is 2.56. The molecular formula is C11H14BrNO. The van der Waals surface area contributed by atoms with E-state index in [9.17, 15) is 0 Å². The van der Waals surface area contributed by atoms with Crippen LogP contribution in [0.25, 0.3) is 0 Å². The first-order valence-corrected chi connectivity index (χ1v) is 5.68. The highest BCUT2D eigenvalue weighted by Gasteiger charge is 2.13. The third kappa shape index (κ3) is 2.03. The molecule has 0 aromatic heterocycles. The van der Waals surface area contributed by atoms with Gasteiger partial charge in [0.25, 0.3) is 0 Å². The van der Waals surface area contributed by atoms with E-state index in [0.29, 0.717) is 0 Å². The van der Waals surface area contributed by atoms with E-state index in [2.05, 4.69) is 33.0 Å². The van der Waals surface area contributed by atoms with Crippen molar-refractivity contribution in [1.82, 2.24) is 0 Å². The molecule has 1 fully saturated rings. The summed E-state index contributed by atoms with van der Waals surface area (Å²) in [4.78, 5) is 2.40. The van der Waals surface area contributed by atoms with Gasteiger partial charge in [0.05, 0.1) is 7.11 Å². The van der Waals surface area contributed by atoms with Gasteiger partial charge < -0.3 is 9.64 Å². The van der Waals surface area contributed by atoms with E-state index in [1.807, 2.05) is 6.07 Å². The molecule has 3 heteroatoms. The molecule has 0 bridgehead atoms. The summed E-state index contributed by atoms with van der Waals surface area (Å²) in [7, 11) is 1.70. The Labute approximate surface area is 93.0 Å². The van der Waals surface area contributed by atoms with Gasteiger partial charge in [-0.1, -0.05) is 15.9 Å². The summed E-state index contributed by atoms with van der Waals surface area (Å²) < 4.78 is 6.32. The van der Waals surface area contributed by atoms with Crippen molar-refractivity contribution in [3.8, 4) is 5.75 Å². The fourth-order valence-electron chi connectivity index (χ4n) is 1.82. The normalized spacial score (nSPS) is 16.0. The standard InChI is InChI=1S/C11H14BrNO/c1-14-11-7-9(12)6-10(8-11)13-4-2-3-5-13/h6-8H,2-5H2,1H3. The average Bonchev–Trinajstić information content (AvgIpc) is 2.69. The fraction of sp³-hybridized carbons (Fsp3) is 0.455. The predicted octanol–water partition coefficient (Wildman–Crippen LogP) is 3.06. The molecule has 2 nitrogen and oxygen atoms in total. The lowest BCUT2D eigenvalue weighted by atomic mass is 10.3. The van der Waals surface area contributed by atoms with Crippen LogP contribution in [0.2, 0.25) is 0 Å². The second-order valence-corrected chi connectivity index (χ2v) is 4.46. The van der Waals surface area contributed by atoms with Crippen molar-refractivity contribution >= 4 is 21.6 Å². The zero-order valence-corrected chi connectivity index (χ0v) is 9.88. The van der Waals surface area contributed by atoms with Crippen molar-refractivity contribution in [2.45, 2.75) is 12.8 Å². The molecule has 0 N–H and O–H groups in total. The lowest BCUT2D eigenvalue weighted by molar-refractivity contribution is 0.414. The summed E-state index contributed by atoms with van der Waals surface area (Å²) >= 11 is 3.49. The number of hydrogen-bond acceptors (Lipinski definition) is 2. The van der Waals surface area contributed by atoms with Gasteiger partial charge in [-0.25, -0.2) is 0 Å². The van der Waals surface area contributed by atoms with Crippen molar-refractivity contribution in [2.75, 3.05) is 25.1 Å². The maximum Gasteiger partial charge on any atom is 0.122 e.